The van der Waals surface area contributed by atoms with Gasteiger partial charge in [0.05, 0.1) is 23.3 Å². The van der Waals surface area contributed by atoms with Gasteiger partial charge in [0.1, 0.15) is 0 Å². The van der Waals surface area contributed by atoms with Gasteiger partial charge in [-0.2, -0.15) is 0 Å². The molecule has 2 heterocycles. The number of nitrogens with zero attached hydrogens (tertiary/aromatic N) is 2. The lowest BCUT2D eigenvalue weighted by Crippen LogP contribution is -2.31. The molecule has 0 spiro atoms. The standard InChI is InChI=1S/C24H26N2O5/c1-14(2)21(27)19-20(18-6-5-11-25-12-18)26(23(29)22(19)28)13-16-7-9-17(10-8-16)24(30)31-15(3)4/h5-12,14-15,20,28H,13H2,1-4H3. The Morgan fingerprint density at radius 2 is 1.81 bits per heavy atom. The molecule has 1 aromatic carbocycles. The van der Waals surface area contributed by atoms with Crippen molar-refractivity contribution in [1.29, 1.82) is 0 Å². The lowest BCUT2D eigenvalue weighted by atomic mass is 9.92. The Hall–Kier alpha value is -3.48. The van der Waals surface area contributed by atoms with E-state index < -0.39 is 23.7 Å². The van der Waals surface area contributed by atoms with Gasteiger partial charge >= 0.3 is 5.97 Å². The number of rotatable bonds is 7. The minimum atomic E-state index is -0.735. The van der Waals surface area contributed by atoms with Gasteiger partial charge < -0.3 is 14.7 Å². The molecule has 1 aromatic heterocycles. The third kappa shape index (κ3) is 4.66. The molecule has 7 heteroatoms. The smallest absolute Gasteiger partial charge is 0.338 e. The normalized spacial score (nSPS) is 16.4. The maximum Gasteiger partial charge on any atom is 0.338 e. The van der Waals surface area contributed by atoms with Gasteiger partial charge in [-0.25, -0.2) is 4.79 Å². The van der Waals surface area contributed by atoms with E-state index in [1.54, 1.807) is 76.5 Å². The van der Waals surface area contributed by atoms with E-state index in [-0.39, 0.29) is 29.9 Å². The molecule has 0 saturated carbocycles. The zero-order valence-electron chi connectivity index (χ0n) is 18.0. The van der Waals surface area contributed by atoms with Crippen LogP contribution in [0, 0.1) is 5.92 Å². The monoisotopic (exact) mass is 422 g/mol. The lowest BCUT2D eigenvalue weighted by Gasteiger charge is -2.27. The second-order valence-electron chi connectivity index (χ2n) is 8.05. The number of hydrogen-bond donors (Lipinski definition) is 1. The number of aliphatic hydroxyl groups is 1. The molecule has 0 fully saturated rings. The summed E-state index contributed by atoms with van der Waals surface area (Å²) in [5, 5.41) is 10.5. The summed E-state index contributed by atoms with van der Waals surface area (Å²) in [5.74, 6) is -2.22. The fourth-order valence-electron chi connectivity index (χ4n) is 3.49. The summed E-state index contributed by atoms with van der Waals surface area (Å²) in [7, 11) is 0. The Kier molecular flexibility index (Phi) is 6.53. The summed E-state index contributed by atoms with van der Waals surface area (Å²) < 4.78 is 5.19. The maximum atomic E-state index is 12.9. The Morgan fingerprint density at radius 3 is 2.35 bits per heavy atom. The fourth-order valence-corrected chi connectivity index (χ4v) is 3.49. The first-order valence-corrected chi connectivity index (χ1v) is 10.2. The number of ketones is 1. The second kappa shape index (κ2) is 9.12. The van der Waals surface area contributed by atoms with Crippen LogP contribution in [-0.2, 0) is 20.9 Å². The molecular weight excluding hydrogens is 396 g/mol. The van der Waals surface area contributed by atoms with E-state index in [0.29, 0.717) is 11.1 Å². The summed E-state index contributed by atoms with van der Waals surface area (Å²) in [6.45, 7) is 7.16. The largest absolute Gasteiger partial charge is 0.503 e. The summed E-state index contributed by atoms with van der Waals surface area (Å²) in [4.78, 5) is 43.3. The third-order valence-electron chi connectivity index (χ3n) is 4.98. The van der Waals surface area contributed by atoms with Gasteiger partial charge in [-0.1, -0.05) is 32.0 Å². The molecule has 1 N–H and O–H groups in total. The molecule has 1 amide bonds. The van der Waals surface area contributed by atoms with Crippen LogP contribution in [0.5, 0.6) is 0 Å². The average molecular weight is 422 g/mol. The number of amides is 1. The maximum absolute atomic E-state index is 12.9. The molecule has 31 heavy (non-hydrogen) atoms. The molecule has 162 valence electrons. The van der Waals surface area contributed by atoms with Crippen LogP contribution in [-0.4, -0.2) is 38.8 Å². The van der Waals surface area contributed by atoms with Crippen molar-refractivity contribution >= 4 is 17.7 Å². The minimum absolute atomic E-state index is 0.0881. The molecule has 0 aliphatic carbocycles. The molecule has 1 aliphatic heterocycles. The quantitative estimate of drug-likeness (QED) is 0.683. The number of Topliss-reactive ketones (excluding diaryl/α,β-unsaturated/α-hetero) is 1. The van der Waals surface area contributed by atoms with E-state index in [1.165, 1.54) is 4.90 Å². The van der Waals surface area contributed by atoms with Gasteiger partial charge in [0.2, 0.25) is 0 Å². The Labute approximate surface area is 181 Å². The first-order chi connectivity index (χ1) is 14.7. The predicted octanol–water partition coefficient (Wildman–Crippen LogP) is 3.77. The molecule has 1 atom stereocenters. The Bertz CT molecular complexity index is 1010. The van der Waals surface area contributed by atoms with Gasteiger partial charge in [0, 0.05) is 24.9 Å². The summed E-state index contributed by atoms with van der Waals surface area (Å²) in [6, 6.07) is 9.48. The van der Waals surface area contributed by atoms with Crippen molar-refractivity contribution in [1.82, 2.24) is 9.88 Å². The van der Waals surface area contributed by atoms with Gasteiger partial charge in [-0.05, 0) is 43.2 Å². The highest BCUT2D eigenvalue weighted by Crippen LogP contribution is 2.39. The SMILES string of the molecule is CC(C)OC(=O)c1ccc(CN2C(=O)C(O)=C(C(=O)C(C)C)C2c2cccnc2)cc1. The van der Waals surface area contributed by atoms with Crippen LogP contribution in [0.3, 0.4) is 0 Å². The van der Waals surface area contributed by atoms with Crippen molar-refractivity contribution in [2.45, 2.75) is 46.4 Å². The number of aliphatic hydroxyl groups excluding tert-OH is 1. The van der Waals surface area contributed by atoms with Gasteiger partial charge in [0.15, 0.2) is 11.5 Å². The summed E-state index contributed by atoms with van der Waals surface area (Å²) in [5.41, 5.74) is 1.88. The van der Waals surface area contributed by atoms with Gasteiger partial charge in [-0.3, -0.25) is 14.6 Å². The highest BCUT2D eigenvalue weighted by Gasteiger charge is 2.44. The number of benzene rings is 1. The van der Waals surface area contributed by atoms with Crippen LogP contribution >= 0.6 is 0 Å². The van der Waals surface area contributed by atoms with Crippen LogP contribution in [0.2, 0.25) is 0 Å². The Morgan fingerprint density at radius 1 is 1.13 bits per heavy atom. The first kappa shape index (κ1) is 22.2. The van der Waals surface area contributed by atoms with E-state index >= 15 is 0 Å². The molecule has 0 saturated heterocycles. The van der Waals surface area contributed by atoms with Crippen molar-refractivity contribution in [3.8, 4) is 0 Å². The molecule has 1 aliphatic rings. The number of ether oxygens (including phenoxy) is 1. The molecular formula is C24H26N2O5. The van der Waals surface area contributed by atoms with Crippen molar-refractivity contribution in [3.63, 3.8) is 0 Å². The minimum Gasteiger partial charge on any atom is -0.503 e. The average Bonchev–Trinajstić information content (AvgIpc) is 2.98. The highest BCUT2D eigenvalue weighted by molar-refractivity contribution is 6.09. The molecule has 0 radical (unpaired) electrons. The zero-order valence-corrected chi connectivity index (χ0v) is 18.0. The van der Waals surface area contributed by atoms with Crippen LogP contribution in [0.15, 0.2) is 60.1 Å². The third-order valence-corrected chi connectivity index (χ3v) is 4.98. The van der Waals surface area contributed by atoms with Crippen molar-refractivity contribution < 1.29 is 24.2 Å². The topological polar surface area (TPSA) is 96.8 Å². The molecule has 1 unspecified atom stereocenters. The number of pyridine rings is 1. The zero-order chi connectivity index (χ0) is 22.7. The summed E-state index contributed by atoms with van der Waals surface area (Å²) in [6.07, 6.45) is 2.97. The molecule has 2 aromatic rings. The van der Waals surface area contributed by atoms with Crippen LogP contribution in [0.25, 0.3) is 0 Å². The van der Waals surface area contributed by atoms with E-state index in [9.17, 15) is 19.5 Å². The van der Waals surface area contributed by atoms with Crippen LogP contribution in [0.1, 0.15) is 55.2 Å². The van der Waals surface area contributed by atoms with Gasteiger partial charge in [0.25, 0.3) is 5.91 Å². The van der Waals surface area contributed by atoms with Crippen molar-refractivity contribution in [2.75, 3.05) is 0 Å². The fraction of sp³-hybridized carbons (Fsp3) is 0.333. The van der Waals surface area contributed by atoms with Crippen molar-refractivity contribution in [3.05, 3.63) is 76.8 Å². The Balaban J connectivity index is 1.92. The summed E-state index contributed by atoms with van der Waals surface area (Å²) >= 11 is 0. The molecule has 0 bridgehead atoms. The lowest BCUT2D eigenvalue weighted by molar-refractivity contribution is -0.130. The van der Waals surface area contributed by atoms with E-state index in [4.69, 9.17) is 4.74 Å². The van der Waals surface area contributed by atoms with Crippen LogP contribution < -0.4 is 0 Å². The highest BCUT2D eigenvalue weighted by atomic mass is 16.5. The van der Waals surface area contributed by atoms with E-state index in [1.807, 2.05) is 0 Å². The number of carbonyl (C=O) groups excluding carboxylic acids is 3. The van der Waals surface area contributed by atoms with E-state index in [2.05, 4.69) is 4.98 Å². The van der Waals surface area contributed by atoms with Crippen molar-refractivity contribution in [2.24, 2.45) is 5.92 Å². The first-order valence-electron chi connectivity index (χ1n) is 10.2. The number of hydrogen-bond acceptors (Lipinski definition) is 6. The molecule has 7 nitrogen and oxygen atoms in total. The number of carbonyl (C=O) groups is 3. The second-order valence-corrected chi connectivity index (χ2v) is 8.05. The van der Waals surface area contributed by atoms with E-state index in [0.717, 1.165) is 5.56 Å². The number of esters is 1. The van der Waals surface area contributed by atoms with Gasteiger partial charge in [-0.15, -0.1) is 0 Å². The number of aromatic nitrogens is 1. The van der Waals surface area contributed by atoms with Crippen LogP contribution in [0.4, 0.5) is 0 Å². The predicted molar refractivity (Wildman–Crippen MR) is 114 cm³/mol. The molecule has 3 rings (SSSR count).